The molecule has 1 aromatic rings. The van der Waals surface area contributed by atoms with Gasteiger partial charge in [0.1, 0.15) is 10.6 Å². The lowest BCUT2D eigenvalue weighted by atomic mass is 9.82. The molecule has 2 rings (SSSR count). The summed E-state index contributed by atoms with van der Waals surface area (Å²) in [6.45, 7) is 4.91. The number of carboxylic acids is 1. The van der Waals surface area contributed by atoms with E-state index >= 15 is 0 Å². The number of hydrogen-bond acceptors (Lipinski definition) is 4. The summed E-state index contributed by atoms with van der Waals surface area (Å²) in [4.78, 5) is 11.1. The molecule has 2 atom stereocenters. The monoisotopic (exact) mass is 268 g/mol. The van der Waals surface area contributed by atoms with Crippen LogP contribution in [0.1, 0.15) is 48.7 Å². The Bertz CT molecular complexity index is 431. The molecule has 1 aliphatic carbocycles. The molecule has 0 saturated heterocycles. The number of carboxylic acid groups (broad SMARTS) is 1. The van der Waals surface area contributed by atoms with E-state index < -0.39 is 5.97 Å². The van der Waals surface area contributed by atoms with Gasteiger partial charge in [-0.05, 0) is 43.1 Å². The van der Waals surface area contributed by atoms with E-state index in [0.717, 1.165) is 12.5 Å². The van der Waals surface area contributed by atoms with Gasteiger partial charge >= 0.3 is 5.97 Å². The van der Waals surface area contributed by atoms with Crippen molar-refractivity contribution in [3.05, 3.63) is 11.3 Å². The van der Waals surface area contributed by atoms with Crippen LogP contribution in [0.15, 0.2) is 0 Å². The summed E-state index contributed by atoms with van der Waals surface area (Å²) in [5, 5.41) is 13.1. The molecule has 4 nitrogen and oxygen atoms in total. The fraction of sp³-hybridized carbons (Fsp3) is 0.692. The van der Waals surface area contributed by atoms with Gasteiger partial charge in [0.2, 0.25) is 0 Å². The lowest BCUT2D eigenvalue weighted by Crippen LogP contribution is -2.21. The number of carbonyl (C=O) groups is 1. The largest absolute Gasteiger partial charge is 0.478 e. The van der Waals surface area contributed by atoms with Crippen LogP contribution in [0, 0.1) is 18.8 Å². The molecular formula is C13H20N2O2S. The number of nitrogens with zero attached hydrogens (tertiary/aromatic N) is 1. The third-order valence-corrected chi connectivity index (χ3v) is 4.57. The van der Waals surface area contributed by atoms with Crippen LogP contribution in [0.3, 0.4) is 0 Å². The topological polar surface area (TPSA) is 62.2 Å². The minimum Gasteiger partial charge on any atom is -0.478 e. The molecule has 0 bridgehead atoms. The summed E-state index contributed by atoms with van der Waals surface area (Å²) in [7, 11) is 0. The van der Waals surface area contributed by atoms with Crippen molar-refractivity contribution in [3.63, 3.8) is 0 Å². The molecule has 0 aromatic carbocycles. The first kappa shape index (κ1) is 13.3. The predicted molar refractivity (Wildman–Crippen MR) is 73.4 cm³/mol. The van der Waals surface area contributed by atoms with Crippen LogP contribution >= 0.6 is 11.5 Å². The Morgan fingerprint density at radius 3 is 3.00 bits per heavy atom. The molecule has 0 amide bonds. The Kier molecular flexibility index (Phi) is 4.22. The van der Waals surface area contributed by atoms with Crippen LogP contribution in [0.5, 0.6) is 0 Å². The minimum absolute atomic E-state index is 0.337. The molecule has 100 valence electrons. The van der Waals surface area contributed by atoms with Crippen molar-refractivity contribution in [1.82, 2.24) is 4.37 Å². The highest BCUT2D eigenvalue weighted by Gasteiger charge is 2.21. The van der Waals surface area contributed by atoms with Gasteiger partial charge in [0.05, 0.1) is 5.69 Å². The number of nitrogens with one attached hydrogen (secondary N) is 1. The molecule has 2 N–H and O–H groups in total. The Balaban J connectivity index is 1.96. The van der Waals surface area contributed by atoms with Crippen molar-refractivity contribution in [3.8, 4) is 0 Å². The van der Waals surface area contributed by atoms with Crippen LogP contribution < -0.4 is 5.32 Å². The summed E-state index contributed by atoms with van der Waals surface area (Å²) in [5.74, 6) is 0.575. The molecule has 1 aliphatic rings. The Hall–Kier alpha value is -1.10. The predicted octanol–water partition coefficient (Wildman–Crippen LogP) is 3.39. The van der Waals surface area contributed by atoms with E-state index in [9.17, 15) is 4.79 Å². The third-order valence-electron chi connectivity index (χ3n) is 3.67. The van der Waals surface area contributed by atoms with Gasteiger partial charge in [-0.2, -0.15) is 4.37 Å². The van der Waals surface area contributed by atoms with Crippen LogP contribution in [-0.4, -0.2) is 22.0 Å². The van der Waals surface area contributed by atoms with E-state index in [1.54, 1.807) is 6.92 Å². The lowest BCUT2D eigenvalue weighted by Gasteiger charge is -2.26. The van der Waals surface area contributed by atoms with Gasteiger partial charge in [-0.1, -0.05) is 19.8 Å². The smallest absolute Gasteiger partial charge is 0.340 e. The molecule has 2 unspecified atom stereocenters. The SMILES string of the molecule is Cc1nsc(NCC2CCCC(C)C2)c1C(=O)O. The van der Waals surface area contributed by atoms with Gasteiger partial charge in [-0.3, -0.25) is 0 Å². The summed E-state index contributed by atoms with van der Waals surface area (Å²) in [6, 6.07) is 0. The van der Waals surface area contributed by atoms with Crippen LogP contribution in [0.25, 0.3) is 0 Å². The zero-order chi connectivity index (χ0) is 13.1. The van der Waals surface area contributed by atoms with E-state index in [2.05, 4.69) is 16.6 Å². The van der Waals surface area contributed by atoms with E-state index in [0.29, 0.717) is 22.2 Å². The molecule has 1 aromatic heterocycles. The van der Waals surface area contributed by atoms with Crippen molar-refractivity contribution < 1.29 is 9.90 Å². The van der Waals surface area contributed by atoms with Crippen molar-refractivity contribution in [1.29, 1.82) is 0 Å². The van der Waals surface area contributed by atoms with Gasteiger partial charge < -0.3 is 10.4 Å². The summed E-state index contributed by atoms with van der Waals surface area (Å²) in [5.41, 5.74) is 0.941. The summed E-state index contributed by atoms with van der Waals surface area (Å²) < 4.78 is 4.11. The first-order valence-corrected chi connectivity index (χ1v) is 7.28. The third kappa shape index (κ3) is 3.02. The second kappa shape index (κ2) is 5.69. The summed E-state index contributed by atoms with van der Waals surface area (Å²) in [6.07, 6.45) is 5.11. The number of anilines is 1. The number of rotatable bonds is 4. The fourth-order valence-electron chi connectivity index (χ4n) is 2.72. The molecule has 0 aliphatic heterocycles. The van der Waals surface area contributed by atoms with Gasteiger partial charge in [-0.25, -0.2) is 4.79 Å². The second-order valence-corrected chi connectivity index (χ2v) is 6.07. The first-order chi connectivity index (χ1) is 8.58. The normalized spacial score (nSPS) is 23.9. The molecule has 1 saturated carbocycles. The maximum absolute atomic E-state index is 11.1. The Labute approximate surface area is 112 Å². The van der Waals surface area contributed by atoms with Crippen LogP contribution in [0.2, 0.25) is 0 Å². The molecular weight excluding hydrogens is 248 g/mol. The fourth-order valence-corrected chi connectivity index (χ4v) is 3.52. The highest BCUT2D eigenvalue weighted by molar-refractivity contribution is 7.10. The number of aromatic carboxylic acids is 1. The van der Waals surface area contributed by atoms with Crippen molar-refractivity contribution >= 4 is 22.5 Å². The highest BCUT2D eigenvalue weighted by Crippen LogP contribution is 2.30. The molecule has 1 fully saturated rings. The average molecular weight is 268 g/mol. The van der Waals surface area contributed by atoms with Gasteiger partial charge in [0, 0.05) is 6.54 Å². The van der Waals surface area contributed by atoms with Crippen molar-refractivity contribution in [2.75, 3.05) is 11.9 Å². The van der Waals surface area contributed by atoms with Gasteiger partial charge in [0.25, 0.3) is 0 Å². The van der Waals surface area contributed by atoms with Crippen LogP contribution in [0.4, 0.5) is 5.00 Å². The van der Waals surface area contributed by atoms with Crippen molar-refractivity contribution in [2.24, 2.45) is 11.8 Å². The van der Waals surface area contributed by atoms with E-state index in [4.69, 9.17) is 5.11 Å². The van der Waals surface area contributed by atoms with Crippen LogP contribution in [-0.2, 0) is 0 Å². The molecule has 5 heteroatoms. The van der Waals surface area contributed by atoms with Gasteiger partial charge in [0.15, 0.2) is 0 Å². The highest BCUT2D eigenvalue weighted by atomic mass is 32.1. The molecule has 18 heavy (non-hydrogen) atoms. The molecule has 1 heterocycles. The molecule has 0 radical (unpaired) electrons. The first-order valence-electron chi connectivity index (χ1n) is 6.51. The Morgan fingerprint density at radius 2 is 2.33 bits per heavy atom. The maximum atomic E-state index is 11.1. The molecule has 0 spiro atoms. The summed E-state index contributed by atoms with van der Waals surface area (Å²) >= 11 is 1.25. The minimum atomic E-state index is -0.888. The zero-order valence-electron chi connectivity index (χ0n) is 10.9. The van der Waals surface area contributed by atoms with Gasteiger partial charge in [-0.15, -0.1) is 0 Å². The second-order valence-electron chi connectivity index (χ2n) is 5.30. The van der Waals surface area contributed by atoms with E-state index in [1.165, 1.54) is 37.2 Å². The quantitative estimate of drug-likeness (QED) is 0.878. The Morgan fingerprint density at radius 1 is 1.56 bits per heavy atom. The number of aromatic nitrogens is 1. The maximum Gasteiger partial charge on any atom is 0.340 e. The standard InChI is InChI=1S/C13H20N2O2S/c1-8-4-3-5-10(6-8)7-14-12-11(13(16)17)9(2)15-18-12/h8,10,14H,3-7H2,1-2H3,(H,16,17). The number of hydrogen-bond donors (Lipinski definition) is 2. The van der Waals surface area contributed by atoms with E-state index in [-0.39, 0.29) is 0 Å². The van der Waals surface area contributed by atoms with Crippen molar-refractivity contribution in [2.45, 2.75) is 39.5 Å². The zero-order valence-corrected chi connectivity index (χ0v) is 11.7. The van der Waals surface area contributed by atoms with E-state index in [1.807, 2.05) is 0 Å². The number of aryl methyl sites for hydroxylation is 1. The average Bonchev–Trinajstić information content (AvgIpc) is 2.68. The lowest BCUT2D eigenvalue weighted by molar-refractivity contribution is 0.0697.